The molecule has 2 N–H and O–H groups in total. The van der Waals surface area contributed by atoms with E-state index < -0.39 is 47.5 Å². The Morgan fingerprint density at radius 2 is 1.97 bits per heavy atom. The number of nitrogens with one attached hydrogen (secondary N) is 1. The Labute approximate surface area is 230 Å². The molecule has 2 aromatic rings. The quantitative estimate of drug-likeness (QED) is 0.365. The molecule has 3 saturated heterocycles. The van der Waals surface area contributed by atoms with Crippen molar-refractivity contribution in [1.29, 1.82) is 0 Å². The number of halogens is 1. The number of hydrogen-bond donors (Lipinski definition) is 2. The lowest BCUT2D eigenvalue weighted by Crippen LogP contribution is -2.57. The molecule has 0 aromatic heterocycles. The van der Waals surface area contributed by atoms with E-state index in [0.29, 0.717) is 18.5 Å². The molecule has 1 spiro atoms. The highest BCUT2D eigenvalue weighted by Gasteiger charge is 2.77. The van der Waals surface area contributed by atoms with Crippen molar-refractivity contribution in [3.8, 4) is 0 Å². The number of amides is 2. The zero-order valence-electron chi connectivity index (χ0n) is 21.7. The molecule has 8 nitrogen and oxygen atoms in total. The fraction of sp³-hybridized carbons (Fsp3) is 0.483. The highest BCUT2D eigenvalue weighted by atomic mass is 79.9. The van der Waals surface area contributed by atoms with E-state index in [-0.39, 0.29) is 23.9 Å². The minimum Gasteiger partial charge on any atom is -0.466 e. The van der Waals surface area contributed by atoms with Gasteiger partial charge in [0.2, 0.25) is 11.8 Å². The van der Waals surface area contributed by atoms with Crippen molar-refractivity contribution < 1.29 is 29.0 Å². The molecular weight excluding hydrogens is 552 g/mol. The summed E-state index contributed by atoms with van der Waals surface area (Å²) in [6, 6.07) is 13.6. The second-order valence-corrected chi connectivity index (χ2v) is 11.7. The molecule has 1 unspecified atom stereocenters. The monoisotopic (exact) mass is 584 g/mol. The molecule has 5 rings (SSSR count). The number of hydrogen-bond acceptors (Lipinski definition) is 6. The van der Waals surface area contributed by atoms with Crippen molar-refractivity contribution in [3.05, 3.63) is 65.2 Å². The summed E-state index contributed by atoms with van der Waals surface area (Å²) >= 11 is 3.66. The van der Waals surface area contributed by atoms with E-state index in [1.54, 1.807) is 6.92 Å². The van der Waals surface area contributed by atoms with Gasteiger partial charge in [-0.3, -0.25) is 14.4 Å². The Bertz CT molecular complexity index is 1240. The maximum Gasteiger partial charge on any atom is 0.312 e. The van der Waals surface area contributed by atoms with Gasteiger partial charge in [-0.05, 0) is 56.4 Å². The number of nitrogens with zero attached hydrogens (tertiary/aromatic N) is 1. The van der Waals surface area contributed by atoms with E-state index in [9.17, 15) is 19.5 Å². The first-order valence-corrected chi connectivity index (χ1v) is 14.0. The van der Waals surface area contributed by atoms with Crippen molar-refractivity contribution in [3.63, 3.8) is 0 Å². The number of aliphatic hydroxyl groups is 1. The lowest BCUT2D eigenvalue weighted by molar-refractivity contribution is -0.155. The molecule has 202 valence electrons. The van der Waals surface area contributed by atoms with Crippen LogP contribution < -0.4 is 5.32 Å². The van der Waals surface area contributed by atoms with Gasteiger partial charge in [0, 0.05) is 10.5 Å². The predicted octanol–water partition coefficient (Wildman–Crippen LogP) is 3.16. The van der Waals surface area contributed by atoms with Crippen molar-refractivity contribution in [1.82, 2.24) is 4.90 Å². The number of carbonyl (C=O) groups is 3. The molecular formula is C29H33BrN2O6. The number of alkyl halides is 1. The Morgan fingerprint density at radius 1 is 1.24 bits per heavy atom. The number of likely N-dealkylation sites (tertiary alicyclic amines) is 1. The number of ether oxygens (including phenoxy) is 2. The van der Waals surface area contributed by atoms with Crippen LogP contribution in [0.2, 0.25) is 0 Å². The molecule has 2 aromatic carbocycles. The lowest BCUT2D eigenvalue weighted by atomic mass is 9.70. The van der Waals surface area contributed by atoms with E-state index in [1.807, 2.05) is 62.4 Å². The van der Waals surface area contributed by atoms with Crippen LogP contribution in [0.5, 0.6) is 0 Å². The van der Waals surface area contributed by atoms with E-state index in [2.05, 4.69) is 21.2 Å². The Kier molecular flexibility index (Phi) is 7.37. The van der Waals surface area contributed by atoms with Gasteiger partial charge in [-0.2, -0.15) is 0 Å². The summed E-state index contributed by atoms with van der Waals surface area (Å²) in [5, 5.41) is 13.5. The standard InChI is InChI=1S/C29H33BrN2O6/c1-4-37-28(36)22-23-27(35)32(19(15-33)13-18-8-6-5-7-9-18)25(29(23)14-20(30)24(22)38-29)26(34)31-21-12-16(2)10-11-17(21)3/h5-12,19-20,22-25,33H,4,13-15H2,1-3H3,(H,31,34)/t19-,20?,22-,23+,24-,25-,29+/m1/s1. The SMILES string of the molecule is CCOC(=O)[C@H]1[C@@H]2O[C@@]3(CC2Br)[C@@H]1C(=O)N([C@@H](CO)Cc1ccccc1)[C@@H]3C(=O)Nc1cc(C)ccc1C. The minimum absolute atomic E-state index is 0.177. The molecule has 7 atom stereocenters. The number of benzene rings is 2. The zero-order chi connectivity index (χ0) is 27.2. The van der Waals surface area contributed by atoms with Gasteiger partial charge in [0.05, 0.1) is 37.2 Å². The molecule has 0 saturated carbocycles. The molecule has 9 heteroatoms. The Balaban J connectivity index is 1.58. The van der Waals surface area contributed by atoms with Crippen LogP contribution in [0, 0.1) is 25.7 Å². The summed E-state index contributed by atoms with van der Waals surface area (Å²) in [4.78, 5) is 42.7. The smallest absolute Gasteiger partial charge is 0.312 e. The summed E-state index contributed by atoms with van der Waals surface area (Å²) in [5.41, 5.74) is 2.22. The summed E-state index contributed by atoms with van der Waals surface area (Å²) in [6.07, 6.45) is 0.155. The van der Waals surface area contributed by atoms with Gasteiger partial charge in [-0.1, -0.05) is 58.4 Å². The largest absolute Gasteiger partial charge is 0.466 e. The average Bonchev–Trinajstić information content (AvgIpc) is 3.49. The topological polar surface area (TPSA) is 105 Å². The van der Waals surface area contributed by atoms with Gasteiger partial charge in [-0.15, -0.1) is 0 Å². The molecule has 0 aliphatic carbocycles. The third-order valence-corrected chi connectivity index (χ3v) is 8.95. The molecule has 3 fully saturated rings. The predicted molar refractivity (Wildman–Crippen MR) is 145 cm³/mol. The van der Waals surface area contributed by atoms with Crippen molar-refractivity contribution in [2.45, 2.75) is 62.2 Å². The first-order valence-electron chi connectivity index (χ1n) is 13.1. The van der Waals surface area contributed by atoms with Gasteiger partial charge in [-0.25, -0.2) is 0 Å². The fourth-order valence-electron chi connectivity index (χ4n) is 6.48. The maximum absolute atomic E-state index is 14.2. The minimum atomic E-state index is -1.22. The zero-order valence-corrected chi connectivity index (χ0v) is 23.3. The molecule has 3 aliphatic heterocycles. The first kappa shape index (κ1) is 26.8. The van der Waals surface area contributed by atoms with Crippen LogP contribution in [0.1, 0.15) is 30.0 Å². The number of esters is 1. The second-order valence-electron chi connectivity index (χ2n) is 10.5. The number of rotatable bonds is 8. The molecule has 0 radical (unpaired) electrons. The normalized spacial score (nSPS) is 30.3. The van der Waals surface area contributed by atoms with Gasteiger partial charge >= 0.3 is 5.97 Å². The van der Waals surface area contributed by atoms with E-state index >= 15 is 0 Å². The van der Waals surface area contributed by atoms with Crippen LogP contribution in [0.15, 0.2) is 48.5 Å². The number of aryl methyl sites for hydroxylation is 2. The number of aliphatic hydroxyl groups excluding tert-OH is 1. The van der Waals surface area contributed by atoms with Crippen LogP contribution in [0.25, 0.3) is 0 Å². The fourth-order valence-corrected chi connectivity index (χ4v) is 7.42. The Hall–Kier alpha value is -2.75. The Morgan fingerprint density at radius 3 is 2.66 bits per heavy atom. The maximum atomic E-state index is 14.2. The van der Waals surface area contributed by atoms with Gasteiger partial charge < -0.3 is 24.8 Å². The average molecular weight is 585 g/mol. The molecule has 3 heterocycles. The van der Waals surface area contributed by atoms with E-state index in [1.165, 1.54) is 4.90 Å². The molecule has 38 heavy (non-hydrogen) atoms. The molecule has 2 bridgehead atoms. The van der Waals surface area contributed by atoms with Crippen LogP contribution >= 0.6 is 15.9 Å². The lowest BCUT2D eigenvalue weighted by Gasteiger charge is -2.37. The highest BCUT2D eigenvalue weighted by molar-refractivity contribution is 9.09. The van der Waals surface area contributed by atoms with Crippen LogP contribution in [-0.2, 0) is 30.3 Å². The summed E-state index contributed by atoms with van der Waals surface area (Å²) in [6.45, 7) is 5.40. The van der Waals surface area contributed by atoms with Crippen LogP contribution in [0.3, 0.4) is 0 Å². The van der Waals surface area contributed by atoms with Crippen LogP contribution in [0.4, 0.5) is 5.69 Å². The second kappa shape index (κ2) is 10.4. The van der Waals surface area contributed by atoms with E-state index in [0.717, 1.165) is 16.7 Å². The van der Waals surface area contributed by atoms with Gasteiger partial charge in [0.1, 0.15) is 11.6 Å². The van der Waals surface area contributed by atoms with Gasteiger partial charge in [0.15, 0.2) is 0 Å². The van der Waals surface area contributed by atoms with Crippen molar-refractivity contribution >= 4 is 39.4 Å². The van der Waals surface area contributed by atoms with Crippen molar-refractivity contribution in [2.24, 2.45) is 11.8 Å². The highest BCUT2D eigenvalue weighted by Crippen LogP contribution is 2.60. The van der Waals surface area contributed by atoms with Gasteiger partial charge in [0.25, 0.3) is 0 Å². The summed E-state index contributed by atoms with van der Waals surface area (Å²) < 4.78 is 11.9. The molecule has 2 amide bonds. The number of fused-ring (bicyclic) bond motifs is 1. The number of carbonyl (C=O) groups excluding carboxylic acids is 3. The molecule has 3 aliphatic rings. The number of anilines is 1. The first-order chi connectivity index (χ1) is 18.2. The third-order valence-electron chi connectivity index (χ3n) is 8.10. The van der Waals surface area contributed by atoms with Crippen LogP contribution in [-0.4, -0.2) is 69.6 Å². The van der Waals surface area contributed by atoms with Crippen molar-refractivity contribution in [2.75, 3.05) is 18.5 Å². The third kappa shape index (κ3) is 4.34. The summed E-state index contributed by atoms with van der Waals surface area (Å²) in [5.74, 6) is -2.97. The summed E-state index contributed by atoms with van der Waals surface area (Å²) in [7, 11) is 0. The van der Waals surface area contributed by atoms with E-state index in [4.69, 9.17) is 9.47 Å².